The van der Waals surface area contributed by atoms with Crippen LogP contribution in [0.5, 0.6) is 0 Å². The molecule has 0 rings (SSSR count). The smallest absolute Gasteiger partial charge is 0.312 e. The fourth-order valence-corrected chi connectivity index (χ4v) is 6.79. The van der Waals surface area contributed by atoms with Crippen molar-refractivity contribution in [2.45, 2.75) is 175 Å². The Labute approximate surface area is 283 Å². The molecule has 0 saturated carbocycles. The summed E-state index contributed by atoms with van der Waals surface area (Å²) < 4.78 is 0.212. The molecule has 0 spiro atoms. The average molecular weight is 652 g/mol. The summed E-state index contributed by atoms with van der Waals surface area (Å²) in [5.74, 6) is -4.97. The minimum atomic E-state index is -1.14. The number of quaternary nitrogens is 1. The molecule has 0 heterocycles. The van der Waals surface area contributed by atoms with Crippen molar-refractivity contribution in [1.29, 1.82) is 0 Å². The van der Waals surface area contributed by atoms with Crippen LogP contribution in [0.25, 0.3) is 0 Å². The summed E-state index contributed by atoms with van der Waals surface area (Å²) in [7, 11) is 0. The van der Waals surface area contributed by atoms with E-state index in [1.54, 1.807) is 6.92 Å². The highest BCUT2D eigenvalue weighted by atomic mass is 16.4. The van der Waals surface area contributed by atoms with E-state index in [9.17, 15) is 29.7 Å². The Balaban J connectivity index is 4.47. The lowest BCUT2D eigenvalue weighted by molar-refractivity contribution is -0.935. The zero-order valence-corrected chi connectivity index (χ0v) is 30.5. The Kier molecular flexibility index (Phi) is 28.1. The highest BCUT2D eigenvalue weighted by molar-refractivity contribution is 5.70. The van der Waals surface area contributed by atoms with E-state index < -0.39 is 35.7 Å². The molecule has 0 aliphatic heterocycles. The molecule has 0 aromatic heterocycles. The number of hydrogen-bond acceptors (Lipinski definition) is 4. The first kappa shape index (κ1) is 44.1. The van der Waals surface area contributed by atoms with Crippen molar-refractivity contribution in [1.82, 2.24) is 0 Å². The summed E-state index contributed by atoms with van der Waals surface area (Å²) in [4.78, 5) is 35.9. The molecule has 0 amide bonds. The minimum absolute atomic E-state index is 0.212. The van der Waals surface area contributed by atoms with Crippen LogP contribution >= 0.6 is 0 Å². The lowest BCUT2D eigenvalue weighted by Crippen LogP contribution is -2.59. The lowest BCUT2D eigenvalue weighted by Gasteiger charge is -2.44. The van der Waals surface area contributed by atoms with Crippen LogP contribution in [0.4, 0.5) is 0 Å². The summed E-state index contributed by atoms with van der Waals surface area (Å²) >= 11 is 0. The van der Waals surface area contributed by atoms with Gasteiger partial charge in [0.25, 0.3) is 0 Å². The standard InChI is InChI=1S/C39H73NO6/c1-5-9-10-11-12-13-14-15-16-17-18-19-20-21-22-23-24-25-26-27-28-29-30-40(31-34(6-2)37(41)42,32-35(7-3)38(43)44)33-36(8-4)39(45)46/h22-23,34-36H,5-21,24-33H2,1-4H3,(H2-,41,42,43,44,45,46)/b23-22+. The zero-order chi connectivity index (χ0) is 34.5. The second-order valence-electron chi connectivity index (χ2n) is 14.0. The molecule has 3 unspecified atom stereocenters. The molecule has 7 nitrogen and oxygen atoms in total. The van der Waals surface area contributed by atoms with E-state index >= 15 is 0 Å². The van der Waals surface area contributed by atoms with E-state index in [1.807, 2.05) is 13.8 Å². The van der Waals surface area contributed by atoms with Gasteiger partial charge in [0.15, 0.2) is 0 Å². The first-order chi connectivity index (χ1) is 22.2. The van der Waals surface area contributed by atoms with E-state index in [2.05, 4.69) is 19.1 Å². The van der Waals surface area contributed by atoms with Crippen molar-refractivity contribution >= 4 is 17.9 Å². The van der Waals surface area contributed by atoms with Crippen LogP contribution < -0.4 is 5.11 Å². The lowest BCUT2D eigenvalue weighted by atomic mass is 9.95. The van der Waals surface area contributed by atoms with Crippen LogP contribution in [0.3, 0.4) is 0 Å². The Morgan fingerprint density at radius 1 is 0.522 bits per heavy atom. The van der Waals surface area contributed by atoms with Gasteiger partial charge in [0.1, 0.15) is 11.8 Å². The molecule has 0 saturated heterocycles. The molecule has 0 aromatic rings. The van der Waals surface area contributed by atoms with Gasteiger partial charge in [0, 0.05) is 5.92 Å². The predicted molar refractivity (Wildman–Crippen MR) is 189 cm³/mol. The number of rotatable bonds is 34. The van der Waals surface area contributed by atoms with Crippen LogP contribution in [0.2, 0.25) is 0 Å². The first-order valence-corrected chi connectivity index (χ1v) is 19.3. The van der Waals surface area contributed by atoms with Gasteiger partial charge in [-0.2, -0.15) is 0 Å². The molecule has 2 N–H and O–H groups in total. The fraction of sp³-hybridized carbons (Fsp3) is 0.872. The molecule has 3 atom stereocenters. The van der Waals surface area contributed by atoms with Crippen molar-refractivity contribution in [2.75, 3.05) is 26.2 Å². The van der Waals surface area contributed by atoms with Gasteiger partial charge in [-0.3, -0.25) is 9.59 Å². The molecular weight excluding hydrogens is 578 g/mol. The van der Waals surface area contributed by atoms with Gasteiger partial charge in [0.2, 0.25) is 0 Å². The Morgan fingerprint density at radius 2 is 0.848 bits per heavy atom. The van der Waals surface area contributed by atoms with Gasteiger partial charge >= 0.3 is 11.9 Å². The Hall–Kier alpha value is -1.89. The first-order valence-electron chi connectivity index (χ1n) is 19.3. The van der Waals surface area contributed by atoms with Gasteiger partial charge in [-0.25, -0.2) is 0 Å². The van der Waals surface area contributed by atoms with E-state index in [0.717, 1.165) is 38.5 Å². The van der Waals surface area contributed by atoms with Crippen LogP contribution in [-0.4, -0.2) is 58.8 Å². The highest BCUT2D eigenvalue weighted by Gasteiger charge is 2.39. The highest BCUT2D eigenvalue weighted by Crippen LogP contribution is 2.25. The van der Waals surface area contributed by atoms with E-state index in [-0.39, 0.29) is 24.1 Å². The minimum Gasteiger partial charge on any atom is -0.550 e. The molecule has 270 valence electrons. The molecule has 0 aliphatic carbocycles. The van der Waals surface area contributed by atoms with Crippen LogP contribution in [0.15, 0.2) is 12.2 Å². The number of carbonyl (C=O) groups excluding carboxylic acids is 1. The maximum absolute atomic E-state index is 12.0. The predicted octanol–water partition coefficient (Wildman–Crippen LogP) is 9.18. The number of nitrogens with zero attached hydrogens (tertiary/aromatic N) is 1. The molecule has 46 heavy (non-hydrogen) atoms. The van der Waals surface area contributed by atoms with Crippen molar-refractivity contribution < 1.29 is 34.2 Å². The topological polar surface area (TPSA) is 115 Å². The molecule has 0 fully saturated rings. The Morgan fingerprint density at radius 3 is 1.17 bits per heavy atom. The SMILES string of the molecule is CCCCCCCCCCCCCCC/C=C/CCCCCCC[N+](CC(CC)C(=O)[O-])(CC(CC)C(=O)O)CC(CC)C(=O)O. The average Bonchev–Trinajstić information content (AvgIpc) is 3.03. The maximum atomic E-state index is 12.0. The summed E-state index contributed by atoms with van der Waals surface area (Å²) in [5.41, 5.74) is 0. The normalized spacial score (nSPS) is 15.0. The summed E-state index contributed by atoms with van der Waals surface area (Å²) in [5, 5.41) is 31.6. The molecule has 0 aliphatic rings. The second kappa shape index (κ2) is 29.3. The number of carboxylic acids is 3. The third-order valence-corrected chi connectivity index (χ3v) is 9.98. The fourth-order valence-electron chi connectivity index (χ4n) is 6.79. The number of allylic oxidation sites excluding steroid dienone is 2. The largest absolute Gasteiger partial charge is 0.550 e. The van der Waals surface area contributed by atoms with Crippen molar-refractivity contribution in [3.05, 3.63) is 12.2 Å². The van der Waals surface area contributed by atoms with Gasteiger partial charge < -0.3 is 24.6 Å². The van der Waals surface area contributed by atoms with Gasteiger partial charge in [0.05, 0.1) is 32.1 Å². The van der Waals surface area contributed by atoms with Gasteiger partial charge in [-0.15, -0.1) is 0 Å². The van der Waals surface area contributed by atoms with Crippen molar-refractivity contribution in [3.8, 4) is 0 Å². The molecule has 0 bridgehead atoms. The van der Waals surface area contributed by atoms with E-state index in [1.165, 1.54) is 89.9 Å². The molecule has 0 aromatic carbocycles. The van der Waals surface area contributed by atoms with Crippen LogP contribution in [-0.2, 0) is 14.4 Å². The molecule has 7 heteroatoms. The number of aliphatic carboxylic acids is 3. The summed E-state index contributed by atoms with van der Waals surface area (Å²) in [6, 6.07) is 0. The van der Waals surface area contributed by atoms with E-state index in [4.69, 9.17) is 0 Å². The maximum Gasteiger partial charge on any atom is 0.312 e. The number of hydrogen-bond donors (Lipinski definition) is 2. The van der Waals surface area contributed by atoms with Gasteiger partial charge in [-0.05, 0) is 57.8 Å². The van der Waals surface area contributed by atoms with Crippen molar-refractivity contribution in [2.24, 2.45) is 17.8 Å². The quantitative estimate of drug-likeness (QED) is 0.0407. The monoisotopic (exact) mass is 652 g/mol. The number of carboxylic acid groups (broad SMARTS) is 3. The zero-order valence-electron chi connectivity index (χ0n) is 30.5. The van der Waals surface area contributed by atoms with E-state index in [0.29, 0.717) is 25.8 Å². The van der Waals surface area contributed by atoms with Gasteiger partial charge in [-0.1, -0.05) is 130 Å². The summed E-state index contributed by atoms with van der Waals surface area (Å²) in [6.07, 6.45) is 31.3. The number of carbonyl (C=O) groups is 3. The van der Waals surface area contributed by atoms with Crippen LogP contribution in [0, 0.1) is 17.8 Å². The third-order valence-electron chi connectivity index (χ3n) is 9.98. The van der Waals surface area contributed by atoms with Crippen LogP contribution in [0.1, 0.15) is 175 Å². The Bertz CT molecular complexity index is 738. The number of unbranched alkanes of at least 4 members (excludes halogenated alkanes) is 18. The summed E-state index contributed by atoms with van der Waals surface area (Å²) in [6.45, 7) is 9.04. The molecular formula is C39H73NO6. The molecule has 0 radical (unpaired) electrons. The third kappa shape index (κ3) is 22.6. The van der Waals surface area contributed by atoms with Crippen molar-refractivity contribution in [3.63, 3.8) is 0 Å². The second-order valence-corrected chi connectivity index (χ2v) is 14.0.